The molecule has 0 spiro atoms. The Hall–Kier alpha value is -2.03. The van der Waals surface area contributed by atoms with Crippen molar-refractivity contribution in [1.29, 1.82) is 0 Å². The molecular weight excluding hydrogens is 248 g/mol. The largest absolute Gasteiger partial charge is 0.494 e. The maximum absolute atomic E-state index is 9.92. The van der Waals surface area contributed by atoms with E-state index < -0.39 is 0 Å². The van der Waals surface area contributed by atoms with Crippen LogP contribution in [0.4, 0.5) is 0 Å². The highest BCUT2D eigenvalue weighted by Gasteiger charge is 2.07. The molecule has 1 heterocycles. The predicted octanol–water partition coefficient (Wildman–Crippen LogP) is 4.18. The third kappa shape index (κ3) is 2.77. The molecule has 0 atom stereocenters. The van der Waals surface area contributed by atoms with Gasteiger partial charge in [-0.15, -0.1) is 0 Å². The number of aromatic amines is 1. The van der Waals surface area contributed by atoms with Gasteiger partial charge in [0.2, 0.25) is 0 Å². The smallest absolute Gasteiger partial charge is 0.198 e. The molecule has 0 unspecified atom stereocenters. The Morgan fingerprint density at radius 3 is 3.00 bits per heavy atom. The second kappa shape index (κ2) is 5.95. The third-order valence-electron chi connectivity index (χ3n) is 3.89. The zero-order chi connectivity index (χ0) is 13.8. The molecule has 0 radical (unpaired) electrons. The Morgan fingerprint density at radius 1 is 1.25 bits per heavy atom. The quantitative estimate of drug-likeness (QED) is 0.634. The van der Waals surface area contributed by atoms with Gasteiger partial charge < -0.3 is 10.1 Å². The van der Waals surface area contributed by atoms with E-state index >= 15 is 0 Å². The van der Waals surface area contributed by atoms with Gasteiger partial charge in [-0.3, -0.25) is 4.99 Å². The number of nitrogens with zero attached hydrogens (tertiary/aromatic N) is 1. The van der Waals surface area contributed by atoms with Crippen molar-refractivity contribution in [3.05, 3.63) is 41.5 Å². The molecule has 3 rings (SSSR count). The molecule has 0 fully saturated rings. The van der Waals surface area contributed by atoms with Crippen molar-refractivity contribution < 1.29 is 5.11 Å². The minimum atomic E-state index is 0.201. The Bertz CT molecular complexity index is 652. The number of aromatic hydroxyl groups is 1. The van der Waals surface area contributed by atoms with Gasteiger partial charge in [0.05, 0.1) is 5.56 Å². The van der Waals surface area contributed by atoms with Gasteiger partial charge in [0.1, 0.15) is 0 Å². The Labute approximate surface area is 119 Å². The first-order valence-corrected chi connectivity index (χ1v) is 7.32. The van der Waals surface area contributed by atoms with E-state index in [0.29, 0.717) is 0 Å². The molecule has 0 saturated carbocycles. The number of hydrogen-bond acceptors (Lipinski definition) is 2. The number of benzene rings is 1. The minimum Gasteiger partial charge on any atom is -0.494 e. The second-order valence-electron chi connectivity index (χ2n) is 5.33. The average molecular weight is 268 g/mol. The summed E-state index contributed by atoms with van der Waals surface area (Å²) >= 11 is 0. The van der Waals surface area contributed by atoms with Crippen LogP contribution in [-0.4, -0.2) is 22.8 Å². The topological polar surface area (TPSA) is 48.4 Å². The van der Waals surface area contributed by atoms with E-state index in [9.17, 15) is 5.11 Å². The summed E-state index contributed by atoms with van der Waals surface area (Å²) in [5.74, 6) is 0.201. The van der Waals surface area contributed by atoms with Crippen molar-refractivity contribution in [2.24, 2.45) is 4.99 Å². The van der Waals surface area contributed by atoms with E-state index in [1.807, 2.05) is 24.3 Å². The lowest BCUT2D eigenvalue weighted by Crippen LogP contribution is -1.94. The fourth-order valence-corrected chi connectivity index (χ4v) is 2.78. The second-order valence-corrected chi connectivity index (χ2v) is 5.33. The number of rotatable bonds is 4. The van der Waals surface area contributed by atoms with Crippen LogP contribution in [0.1, 0.15) is 37.7 Å². The standard InChI is InChI=1S/C17H20N2O/c20-17-15(14-8-4-5-9-16(14)19-17)12-18-11-10-13-6-2-1-3-7-13/h4-6,8-9,12,19-20H,1-3,7,10-11H2. The summed E-state index contributed by atoms with van der Waals surface area (Å²) in [6.45, 7) is 0.796. The van der Waals surface area contributed by atoms with Crippen molar-refractivity contribution in [3.8, 4) is 5.88 Å². The van der Waals surface area contributed by atoms with Crippen LogP contribution in [0.5, 0.6) is 5.88 Å². The molecule has 1 aliphatic carbocycles. The highest BCUT2D eigenvalue weighted by atomic mass is 16.3. The first kappa shape index (κ1) is 13.0. The lowest BCUT2D eigenvalue weighted by atomic mass is 9.97. The van der Waals surface area contributed by atoms with E-state index in [1.165, 1.54) is 31.3 Å². The van der Waals surface area contributed by atoms with Crippen LogP contribution >= 0.6 is 0 Å². The van der Waals surface area contributed by atoms with Crippen LogP contribution in [0, 0.1) is 0 Å². The first-order chi connectivity index (χ1) is 9.84. The van der Waals surface area contributed by atoms with Crippen LogP contribution in [0.3, 0.4) is 0 Å². The van der Waals surface area contributed by atoms with Crippen molar-refractivity contribution in [1.82, 2.24) is 4.98 Å². The van der Waals surface area contributed by atoms with Crippen molar-refractivity contribution >= 4 is 17.1 Å². The molecule has 2 N–H and O–H groups in total. The summed E-state index contributed by atoms with van der Waals surface area (Å²) in [5, 5.41) is 10.9. The molecule has 1 aromatic carbocycles. The number of fused-ring (bicyclic) bond motifs is 1. The van der Waals surface area contributed by atoms with E-state index in [4.69, 9.17) is 0 Å². The molecule has 20 heavy (non-hydrogen) atoms. The number of nitrogens with one attached hydrogen (secondary N) is 1. The summed E-state index contributed by atoms with van der Waals surface area (Å²) in [6.07, 6.45) is 10.3. The number of aliphatic imine (C=N–C) groups is 1. The molecule has 0 bridgehead atoms. The van der Waals surface area contributed by atoms with Gasteiger partial charge >= 0.3 is 0 Å². The minimum absolute atomic E-state index is 0.201. The summed E-state index contributed by atoms with van der Waals surface area (Å²) < 4.78 is 0. The number of aromatic nitrogens is 1. The zero-order valence-corrected chi connectivity index (χ0v) is 11.6. The van der Waals surface area contributed by atoms with Gasteiger partial charge in [-0.2, -0.15) is 0 Å². The Morgan fingerprint density at radius 2 is 2.15 bits per heavy atom. The van der Waals surface area contributed by atoms with Gasteiger partial charge in [0.25, 0.3) is 0 Å². The van der Waals surface area contributed by atoms with E-state index in [1.54, 1.807) is 6.21 Å². The Balaban J connectivity index is 1.68. The average Bonchev–Trinajstić information content (AvgIpc) is 2.80. The van der Waals surface area contributed by atoms with Crippen molar-refractivity contribution in [2.75, 3.05) is 6.54 Å². The lowest BCUT2D eigenvalue weighted by Gasteiger charge is -2.10. The summed E-state index contributed by atoms with van der Waals surface area (Å²) in [7, 11) is 0. The molecule has 104 valence electrons. The fourth-order valence-electron chi connectivity index (χ4n) is 2.78. The molecule has 2 aromatic rings. The molecule has 3 heteroatoms. The highest BCUT2D eigenvalue weighted by Crippen LogP contribution is 2.25. The van der Waals surface area contributed by atoms with Gasteiger partial charge in [-0.05, 0) is 38.2 Å². The normalized spacial score (nSPS) is 15.9. The predicted molar refractivity (Wildman–Crippen MR) is 83.6 cm³/mol. The van der Waals surface area contributed by atoms with Gasteiger partial charge in [0, 0.05) is 23.7 Å². The summed E-state index contributed by atoms with van der Waals surface area (Å²) in [5.41, 5.74) is 3.27. The van der Waals surface area contributed by atoms with Gasteiger partial charge in [-0.25, -0.2) is 0 Å². The van der Waals surface area contributed by atoms with Gasteiger partial charge in [0.15, 0.2) is 5.88 Å². The molecular formula is C17H20N2O. The van der Waals surface area contributed by atoms with Crippen LogP contribution in [0.25, 0.3) is 10.9 Å². The maximum atomic E-state index is 9.92. The zero-order valence-electron chi connectivity index (χ0n) is 11.6. The van der Waals surface area contributed by atoms with Crippen molar-refractivity contribution in [2.45, 2.75) is 32.1 Å². The SMILES string of the molecule is Oc1[nH]c2ccccc2c1C=NCCC1=CCCCC1. The maximum Gasteiger partial charge on any atom is 0.198 e. The third-order valence-corrected chi connectivity index (χ3v) is 3.89. The number of hydrogen-bond donors (Lipinski definition) is 2. The lowest BCUT2D eigenvalue weighted by molar-refractivity contribution is 0.457. The molecule has 1 aliphatic rings. The summed E-state index contributed by atoms with van der Waals surface area (Å²) in [6, 6.07) is 7.88. The summed E-state index contributed by atoms with van der Waals surface area (Å²) in [4.78, 5) is 7.44. The Kier molecular flexibility index (Phi) is 3.86. The fraction of sp³-hybridized carbons (Fsp3) is 0.353. The van der Waals surface area contributed by atoms with Crippen LogP contribution < -0.4 is 0 Å². The van der Waals surface area contributed by atoms with Crippen LogP contribution in [0.15, 0.2) is 40.9 Å². The van der Waals surface area contributed by atoms with E-state index in [-0.39, 0.29) is 5.88 Å². The number of H-pyrrole nitrogens is 1. The molecule has 3 nitrogen and oxygen atoms in total. The molecule has 0 aliphatic heterocycles. The van der Waals surface area contributed by atoms with Crippen LogP contribution in [-0.2, 0) is 0 Å². The van der Waals surface area contributed by atoms with Gasteiger partial charge in [-0.1, -0.05) is 29.8 Å². The number of para-hydroxylation sites is 1. The van der Waals surface area contributed by atoms with E-state index in [0.717, 1.165) is 29.4 Å². The monoisotopic (exact) mass is 268 g/mol. The number of allylic oxidation sites excluding steroid dienone is 1. The van der Waals surface area contributed by atoms with Crippen LogP contribution in [0.2, 0.25) is 0 Å². The molecule has 0 amide bonds. The first-order valence-electron chi connectivity index (χ1n) is 7.32. The van der Waals surface area contributed by atoms with E-state index in [2.05, 4.69) is 16.1 Å². The molecule has 1 aromatic heterocycles. The highest BCUT2D eigenvalue weighted by molar-refractivity contribution is 6.01. The molecule has 0 saturated heterocycles. The van der Waals surface area contributed by atoms with Crippen molar-refractivity contribution in [3.63, 3.8) is 0 Å².